The van der Waals surface area contributed by atoms with Crippen LogP contribution in [0.1, 0.15) is 45.7 Å². The number of benzene rings is 2. The van der Waals surface area contributed by atoms with Crippen LogP contribution in [0, 0.1) is 0 Å². The smallest absolute Gasteiger partial charge is 0.408 e. The molecule has 0 bridgehead atoms. The fraction of sp³-hybridized carbons (Fsp3) is 0.417. The van der Waals surface area contributed by atoms with Gasteiger partial charge in [-0.05, 0) is 45.7 Å². The van der Waals surface area contributed by atoms with E-state index in [-0.39, 0.29) is 0 Å². The second kappa shape index (κ2) is 10.4. The third-order valence-corrected chi connectivity index (χ3v) is 4.47. The van der Waals surface area contributed by atoms with Crippen molar-refractivity contribution >= 4 is 12.1 Å². The minimum atomic E-state index is -1.78. The Bertz CT molecular complexity index is 808. The first kappa shape index (κ1) is 24.4. The standard InChI is InChI=1S/C24H31NO6/c1-6-29-17(2)30-21(27)20(26)24(18-13-9-7-10-14-18,19-15-11-8-12-16-19)25-22(28)31-23(3,4)5/h7-17,20,26H,6H2,1-5H3,(H,25,28). The Morgan fingerprint density at radius 3 is 1.87 bits per heavy atom. The van der Waals surface area contributed by atoms with Crippen LogP contribution in [-0.2, 0) is 24.5 Å². The molecule has 2 atom stereocenters. The predicted octanol–water partition coefficient (Wildman–Crippen LogP) is 3.74. The number of carbonyl (C=O) groups is 2. The van der Waals surface area contributed by atoms with E-state index in [0.717, 1.165) is 0 Å². The minimum absolute atomic E-state index is 0.337. The summed E-state index contributed by atoms with van der Waals surface area (Å²) in [5.41, 5.74) is -1.47. The molecule has 2 rings (SSSR count). The third kappa shape index (κ3) is 6.29. The first-order chi connectivity index (χ1) is 14.6. The minimum Gasteiger partial charge on any atom is -0.444 e. The molecular weight excluding hydrogens is 398 g/mol. The average Bonchev–Trinajstić information content (AvgIpc) is 2.71. The van der Waals surface area contributed by atoms with Gasteiger partial charge in [0.05, 0.1) is 0 Å². The van der Waals surface area contributed by atoms with Gasteiger partial charge in [0.2, 0.25) is 0 Å². The van der Waals surface area contributed by atoms with Crippen LogP contribution in [0.25, 0.3) is 0 Å². The Morgan fingerprint density at radius 1 is 0.968 bits per heavy atom. The van der Waals surface area contributed by atoms with E-state index in [1.807, 2.05) is 0 Å². The summed E-state index contributed by atoms with van der Waals surface area (Å²) < 4.78 is 16.0. The van der Waals surface area contributed by atoms with Crippen molar-refractivity contribution in [1.82, 2.24) is 5.32 Å². The van der Waals surface area contributed by atoms with Crippen molar-refractivity contribution in [2.75, 3.05) is 6.61 Å². The monoisotopic (exact) mass is 429 g/mol. The van der Waals surface area contributed by atoms with Crippen LogP contribution in [0.4, 0.5) is 4.79 Å². The summed E-state index contributed by atoms with van der Waals surface area (Å²) >= 11 is 0. The number of alkyl carbamates (subject to hydrolysis) is 1. The van der Waals surface area contributed by atoms with E-state index in [9.17, 15) is 14.7 Å². The number of amides is 1. The Hall–Kier alpha value is -2.90. The molecule has 2 aromatic carbocycles. The number of ether oxygens (including phenoxy) is 3. The highest BCUT2D eigenvalue weighted by atomic mass is 16.7. The summed E-state index contributed by atoms with van der Waals surface area (Å²) in [7, 11) is 0. The van der Waals surface area contributed by atoms with Gasteiger partial charge in [-0.3, -0.25) is 0 Å². The van der Waals surface area contributed by atoms with Crippen molar-refractivity contribution in [3.05, 3.63) is 71.8 Å². The fourth-order valence-electron chi connectivity index (χ4n) is 3.24. The summed E-state index contributed by atoms with van der Waals surface area (Å²) in [6.45, 7) is 8.85. The van der Waals surface area contributed by atoms with E-state index in [0.29, 0.717) is 17.7 Å². The molecule has 0 heterocycles. The quantitative estimate of drug-likeness (QED) is 0.490. The Kier molecular flexibility index (Phi) is 8.19. The third-order valence-electron chi connectivity index (χ3n) is 4.47. The molecule has 2 unspecified atom stereocenters. The molecular formula is C24H31NO6. The van der Waals surface area contributed by atoms with Crippen molar-refractivity contribution < 1.29 is 28.9 Å². The number of carbonyl (C=O) groups excluding carboxylic acids is 2. The lowest BCUT2D eigenvalue weighted by Crippen LogP contribution is -2.58. The molecule has 0 saturated heterocycles. The van der Waals surface area contributed by atoms with Gasteiger partial charge in [-0.1, -0.05) is 60.7 Å². The van der Waals surface area contributed by atoms with Crippen LogP contribution < -0.4 is 5.32 Å². The summed E-state index contributed by atoms with van der Waals surface area (Å²) in [5.74, 6) is -0.940. The second-order valence-corrected chi connectivity index (χ2v) is 8.03. The molecule has 2 N–H and O–H groups in total. The van der Waals surface area contributed by atoms with Crippen LogP contribution in [0.3, 0.4) is 0 Å². The molecule has 7 heteroatoms. The normalized spacial score (nSPS) is 13.7. The summed E-state index contributed by atoms with van der Waals surface area (Å²) in [6, 6.07) is 17.5. The van der Waals surface area contributed by atoms with Crippen LogP contribution in [0.15, 0.2) is 60.7 Å². The zero-order valence-electron chi connectivity index (χ0n) is 18.6. The largest absolute Gasteiger partial charge is 0.444 e. The van der Waals surface area contributed by atoms with Gasteiger partial charge in [0.15, 0.2) is 12.4 Å². The fourth-order valence-corrected chi connectivity index (χ4v) is 3.24. The molecule has 0 aromatic heterocycles. The summed E-state index contributed by atoms with van der Waals surface area (Å²) in [6.07, 6.45) is -3.43. The number of hydrogen-bond acceptors (Lipinski definition) is 6. The number of aliphatic hydroxyl groups is 1. The molecule has 0 spiro atoms. The van der Waals surface area contributed by atoms with Crippen LogP contribution >= 0.6 is 0 Å². The molecule has 0 radical (unpaired) electrons. The maximum atomic E-state index is 12.9. The van der Waals surface area contributed by atoms with Crippen molar-refractivity contribution in [1.29, 1.82) is 0 Å². The highest BCUT2D eigenvalue weighted by Gasteiger charge is 2.48. The van der Waals surface area contributed by atoms with Crippen LogP contribution in [0.2, 0.25) is 0 Å². The molecule has 1 amide bonds. The molecule has 0 fully saturated rings. The molecule has 0 aliphatic rings. The summed E-state index contributed by atoms with van der Waals surface area (Å²) in [5, 5.41) is 14.1. The van der Waals surface area contributed by atoms with Crippen molar-refractivity contribution in [3.63, 3.8) is 0 Å². The molecule has 31 heavy (non-hydrogen) atoms. The zero-order chi connectivity index (χ0) is 23.1. The summed E-state index contributed by atoms with van der Waals surface area (Å²) in [4.78, 5) is 25.8. The maximum Gasteiger partial charge on any atom is 0.408 e. The van der Waals surface area contributed by atoms with Crippen molar-refractivity contribution in [3.8, 4) is 0 Å². The lowest BCUT2D eigenvalue weighted by atomic mass is 9.78. The Morgan fingerprint density at radius 2 is 1.45 bits per heavy atom. The highest BCUT2D eigenvalue weighted by molar-refractivity contribution is 5.81. The molecule has 2 aromatic rings. The Balaban J connectivity index is 2.60. The predicted molar refractivity (Wildman–Crippen MR) is 116 cm³/mol. The second-order valence-electron chi connectivity index (χ2n) is 8.03. The average molecular weight is 430 g/mol. The van der Waals surface area contributed by atoms with Gasteiger partial charge in [0.25, 0.3) is 0 Å². The number of hydrogen-bond donors (Lipinski definition) is 2. The number of aliphatic hydroxyl groups excluding tert-OH is 1. The first-order valence-electron chi connectivity index (χ1n) is 10.2. The van der Waals surface area contributed by atoms with E-state index < -0.39 is 35.6 Å². The van der Waals surface area contributed by atoms with Gasteiger partial charge in [-0.2, -0.15) is 0 Å². The number of nitrogens with one attached hydrogen (secondary N) is 1. The highest BCUT2D eigenvalue weighted by Crippen LogP contribution is 2.34. The van der Waals surface area contributed by atoms with Gasteiger partial charge >= 0.3 is 12.1 Å². The zero-order valence-corrected chi connectivity index (χ0v) is 18.6. The van der Waals surface area contributed by atoms with Crippen molar-refractivity contribution in [2.24, 2.45) is 0 Å². The van der Waals surface area contributed by atoms with E-state index >= 15 is 0 Å². The van der Waals surface area contributed by atoms with E-state index in [4.69, 9.17) is 14.2 Å². The number of rotatable bonds is 8. The van der Waals surface area contributed by atoms with Gasteiger partial charge in [0.1, 0.15) is 11.1 Å². The lowest BCUT2D eigenvalue weighted by Gasteiger charge is -2.39. The molecule has 0 aliphatic heterocycles. The van der Waals surface area contributed by atoms with E-state index in [1.54, 1.807) is 95.3 Å². The van der Waals surface area contributed by atoms with Crippen molar-refractivity contribution in [2.45, 2.75) is 58.2 Å². The van der Waals surface area contributed by atoms with Gasteiger partial charge < -0.3 is 24.6 Å². The van der Waals surface area contributed by atoms with Crippen LogP contribution in [-0.4, -0.2) is 41.8 Å². The van der Waals surface area contributed by atoms with Gasteiger partial charge in [-0.15, -0.1) is 0 Å². The van der Waals surface area contributed by atoms with Gasteiger partial charge in [-0.25, -0.2) is 9.59 Å². The molecule has 0 aliphatic carbocycles. The topological polar surface area (TPSA) is 94.1 Å². The van der Waals surface area contributed by atoms with E-state index in [2.05, 4.69) is 5.32 Å². The number of esters is 1. The molecule has 0 saturated carbocycles. The first-order valence-corrected chi connectivity index (χ1v) is 10.2. The maximum absolute atomic E-state index is 12.9. The molecule has 7 nitrogen and oxygen atoms in total. The Labute approximate surface area is 183 Å². The van der Waals surface area contributed by atoms with E-state index in [1.165, 1.54) is 0 Å². The van der Waals surface area contributed by atoms with Gasteiger partial charge in [0, 0.05) is 6.61 Å². The van der Waals surface area contributed by atoms with Crippen LogP contribution in [0.5, 0.6) is 0 Å². The molecule has 168 valence electrons. The SMILES string of the molecule is CCOC(C)OC(=O)C(O)C(NC(=O)OC(C)(C)C)(c1ccccc1)c1ccccc1. The lowest BCUT2D eigenvalue weighted by molar-refractivity contribution is -0.186.